The average Bonchev–Trinajstić information content (AvgIpc) is 3.31. The Morgan fingerprint density at radius 3 is 2.44 bits per heavy atom. The first-order chi connectivity index (χ1) is 19.8. The molecular formula is C29H40N4O6S2. The predicted molar refractivity (Wildman–Crippen MR) is 159 cm³/mol. The van der Waals surface area contributed by atoms with Gasteiger partial charge in [0, 0.05) is 50.9 Å². The minimum Gasteiger partial charge on any atom is -0.379 e. The molecule has 0 bridgehead atoms. The van der Waals surface area contributed by atoms with E-state index in [1.807, 2.05) is 52.8 Å². The van der Waals surface area contributed by atoms with E-state index >= 15 is 0 Å². The molecule has 2 fully saturated rings. The van der Waals surface area contributed by atoms with Crippen molar-refractivity contribution in [2.45, 2.75) is 30.9 Å². The third-order valence-electron chi connectivity index (χ3n) is 8.33. The van der Waals surface area contributed by atoms with Gasteiger partial charge in [0.1, 0.15) is 17.0 Å². The topological polar surface area (TPSA) is 108 Å². The van der Waals surface area contributed by atoms with Gasteiger partial charge in [0.25, 0.3) is 0 Å². The largest absolute Gasteiger partial charge is 0.379 e. The summed E-state index contributed by atoms with van der Waals surface area (Å²) in [5.41, 5.74) is 2.93. The SMILES string of the molecule is CS(=O)N1CC2(CCN(C(=O)[C@@H](COCc3ccccc3)NS(=O)(=O)CCN3CCOCC3)CC2)c2ccccc21. The molecule has 1 N–H and O–H groups in total. The molecule has 0 radical (unpaired) electrons. The van der Waals surface area contributed by atoms with Gasteiger partial charge in [-0.15, -0.1) is 0 Å². The van der Waals surface area contributed by atoms with E-state index in [-0.39, 0.29) is 30.3 Å². The Balaban J connectivity index is 1.25. The van der Waals surface area contributed by atoms with Gasteiger partial charge in [-0.2, -0.15) is 0 Å². The van der Waals surface area contributed by atoms with Crippen molar-refractivity contribution in [2.75, 3.05) is 75.4 Å². The Bertz CT molecular complexity index is 1310. The molecule has 2 aromatic rings. The number of amides is 1. The molecule has 1 amide bonds. The minimum atomic E-state index is -3.74. The fraction of sp³-hybridized carbons (Fsp3) is 0.552. The van der Waals surface area contributed by atoms with Crippen LogP contribution < -0.4 is 9.03 Å². The van der Waals surface area contributed by atoms with E-state index in [0.717, 1.165) is 11.3 Å². The van der Waals surface area contributed by atoms with Gasteiger partial charge in [-0.3, -0.25) is 14.0 Å². The number of piperidine rings is 1. The van der Waals surface area contributed by atoms with Gasteiger partial charge in [-0.05, 0) is 30.0 Å². The van der Waals surface area contributed by atoms with Crippen LogP contribution in [0.5, 0.6) is 0 Å². The summed E-state index contributed by atoms with van der Waals surface area (Å²) in [5, 5.41) is 0. The van der Waals surface area contributed by atoms with Gasteiger partial charge in [0.2, 0.25) is 15.9 Å². The summed E-state index contributed by atoms with van der Waals surface area (Å²) < 4.78 is 54.5. The molecule has 0 saturated carbocycles. The number of para-hydroxylation sites is 1. The van der Waals surface area contributed by atoms with Crippen LogP contribution in [0.3, 0.4) is 0 Å². The number of likely N-dealkylation sites (tertiary alicyclic amines) is 1. The number of fused-ring (bicyclic) bond motifs is 2. The highest BCUT2D eigenvalue weighted by Crippen LogP contribution is 2.47. The highest BCUT2D eigenvalue weighted by atomic mass is 32.2. The molecule has 5 rings (SSSR count). The lowest BCUT2D eigenvalue weighted by molar-refractivity contribution is -0.136. The van der Waals surface area contributed by atoms with E-state index in [0.29, 0.717) is 65.3 Å². The van der Waals surface area contributed by atoms with Crippen LogP contribution in [0.25, 0.3) is 0 Å². The molecule has 3 heterocycles. The van der Waals surface area contributed by atoms with Gasteiger partial charge in [0.15, 0.2) is 0 Å². The fourth-order valence-corrected chi connectivity index (χ4v) is 8.08. The molecular weight excluding hydrogens is 564 g/mol. The zero-order chi connectivity index (χ0) is 28.9. The first kappa shape index (κ1) is 30.1. The van der Waals surface area contributed by atoms with E-state index in [1.165, 1.54) is 5.56 Å². The van der Waals surface area contributed by atoms with Crippen LogP contribution in [0.2, 0.25) is 0 Å². The molecule has 3 aliphatic rings. The number of anilines is 1. The second kappa shape index (κ2) is 13.3. The van der Waals surface area contributed by atoms with Gasteiger partial charge < -0.3 is 14.4 Å². The third kappa shape index (κ3) is 7.36. The summed E-state index contributed by atoms with van der Waals surface area (Å²) in [6, 6.07) is 16.7. The Morgan fingerprint density at radius 1 is 1.05 bits per heavy atom. The number of carbonyl (C=O) groups excluding carboxylic acids is 1. The number of rotatable bonds is 11. The molecule has 2 saturated heterocycles. The average molecular weight is 605 g/mol. The molecule has 10 nitrogen and oxygen atoms in total. The van der Waals surface area contributed by atoms with Crippen molar-refractivity contribution in [3.05, 3.63) is 65.7 Å². The molecule has 224 valence electrons. The van der Waals surface area contributed by atoms with Crippen LogP contribution in [0.4, 0.5) is 5.69 Å². The van der Waals surface area contributed by atoms with E-state index in [4.69, 9.17) is 9.47 Å². The first-order valence-corrected chi connectivity index (χ1v) is 17.3. The van der Waals surface area contributed by atoms with E-state index in [2.05, 4.69) is 15.7 Å². The van der Waals surface area contributed by atoms with Gasteiger partial charge in [0.05, 0.1) is 37.9 Å². The van der Waals surface area contributed by atoms with Crippen molar-refractivity contribution < 1.29 is 26.9 Å². The maximum atomic E-state index is 13.8. The summed E-state index contributed by atoms with van der Waals surface area (Å²) in [4.78, 5) is 17.6. The van der Waals surface area contributed by atoms with Crippen LogP contribution in [0.15, 0.2) is 54.6 Å². The molecule has 2 aromatic carbocycles. The van der Waals surface area contributed by atoms with Crippen LogP contribution in [-0.2, 0) is 47.3 Å². The molecule has 0 aromatic heterocycles. The van der Waals surface area contributed by atoms with E-state index in [9.17, 15) is 17.4 Å². The summed E-state index contributed by atoms with van der Waals surface area (Å²) in [5.74, 6) is -0.371. The summed E-state index contributed by atoms with van der Waals surface area (Å²) in [6.07, 6.45) is 3.12. The normalized spacial score (nSPS) is 20.6. The lowest BCUT2D eigenvalue weighted by atomic mass is 9.74. The second-order valence-electron chi connectivity index (χ2n) is 11.0. The van der Waals surface area contributed by atoms with Gasteiger partial charge in [-0.25, -0.2) is 17.3 Å². The molecule has 12 heteroatoms. The van der Waals surface area contributed by atoms with E-state index in [1.54, 1.807) is 11.2 Å². The summed E-state index contributed by atoms with van der Waals surface area (Å²) in [6.45, 7) is 4.80. The second-order valence-corrected chi connectivity index (χ2v) is 14.2. The quantitative estimate of drug-likeness (QED) is 0.414. The Hall–Kier alpha value is -2.35. The smallest absolute Gasteiger partial charge is 0.243 e. The minimum absolute atomic E-state index is 0.0580. The molecule has 1 spiro atoms. The number of morpholine rings is 1. The van der Waals surface area contributed by atoms with Crippen LogP contribution in [0, 0.1) is 0 Å². The molecule has 1 unspecified atom stereocenters. The van der Waals surface area contributed by atoms with Gasteiger partial charge >= 0.3 is 0 Å². The zero-order valence-electron chi connectivity index (χ0n) is 23.6. The zero-order valence-corrected chi connectivity index (χ0v) is 25.2. The monoisotopic (exact) mass is 604 g/mol. The fourth-order valence-electron chi connectivity index (χ4n) is 5.99. The molecule has 0 aliphatic carbocycles. The standard InChI is InChI=1S/C29H40N4O6S2/c1-40(35)33-23-29(25-9-5-6-10-27(25)33)11-13-32(14-12-29)28(34)26(22-39-21-24-7-3-2-4-8-24)30-41(36,37)20-17-31-15-18-38-19-16-31/h2-10,26,30H,11-23H2,1H3/t26-,40?/m1/s1. The number of benzene rings is 2. The molecule has 41 heavy (non-hydrogen) atoms. The summed E-state index contributed by atoms with van der Waals surface area (Å²) >= 11 is 0. The number of nitrogens with zero attached hydrogens (tertiary/aromatic N) is 3. The van der Waals surface area contributed by atoms with Crippen LogP contribution in [0.1, 0.15) is 24.0 Å². The number of carbonyl (C=O) groups is 1. The lowest BCUT2D eigenvalue weighted by Gasteiger charge is -2.40. The third-order valence-corrected chi connectivity index (χ3v) is 10.6. The first-order valence-electron chi connectivity index (χ1n) is 14.2. The van der Waals surface area contributed by atoms with Crippen LogP contribution >= 0.6 is 0 Å². The van der Waals surface area contributed by atoms with Crippen molar-refractivity contribution in [3.63, 3.8) is 0 Å². The van der Waals surface area contributed by atoms with Crippen molar-refractivity contribution in [1.82, 2.24) is 14.5 Å². The highest BCUT2D eigenvalue weighted by Gasteiger charge is 2.46. The Labute approximate surface area is 245 Å². The lowest BCUT2D eigenvalue weighted by Crippen LogP contribution is -2.55. The van der Waals surface area contributed by atoms with Crippen molar-refractivity contribution in [1.29, 1.82) is 0 Å². The summed E-state index contributed by atoms with van der Waals surface area (Å²) in [7, 11) is -4.88. The highest BCUT2D eigenvalue weighted by molar-refractivity contribution is 7.89. The number of sulfonamides is 1. The Kier molecular flexibility index (Phi) is 9.77. The number of ether oxygens (including phenoxy) is 2. The molecule has 2 atom stereocenters. The number of nitrogens with one attached hydrogen (secondary N) is 1. The number of hydrogen-bond acceptors (Lipinski definition) is 7. The predicted octanol–water partition coefficient (Wildman–Crippen LogP) is 1.50. The van der Waals surface area contributed by atoms with Crippen molar-refractivity contribution in [3.8, 4) is 0 Å². The van der Waals surface area contributed by atoms with Crippen molar-refractivity contribution >= 4 is 32.6 Å². The number of hydrogen-bond donors (Lipinski definition) is 1. The molecule has 3 aliphatic heterocycles. The maximum Gasteiger partial charge on any atom is 0.243 e. The van der Waals surface area contributed by atoms with E-state index < -0.39 is 27.1 Å². The van der Waals surface area contributed by atoms with Crippen molar-refractivity contribution in [2.24, 2.45) is 0 Å². The maximum absolute atomic E-state index is 13.8. The van der Waals surface area contributed by atoms with Crippen LogP contribution in [-0.4, -0.2) is 105 Å². The van der Waals surface area contributed by atoms with Gasteiger partial charge in [-0.1, -0.05) is 48.5 Å². The Morgan fingerprint density at radius 2 is 1.73 bits per heavy atom.